The van der Waals surface area contributed by atoms with Crippen LogP contribution in [0.1, 0.15) is 11.1 Å². The van der Waals surface area contributed by atoms with Crippen LogP contribution in [-0.2, 0) is 6.54 Å². The van der Waals surface area contributed by atoms with E-state index in [4.69, 9.17) is 11.6 Å². The lowest BCUT2D eigenvalue weighted by atomic mass is 10.2. The second-order valence-electron chi connectivity index (χ2n) is 5.46. The number of aromatic nitrogens is 5. The lowest BCUT2D eigenvalue weighted by Gasteiger charge is -2.10. The number of pyridine rings is 1. The first-order chi connectivity index (χ1) is 13.3. The van der Waals surface area contributed by atoms with Gasteiger partial charge in [-0.2, -0.15) is 9.64 Å². The zero-order valence-corrected chi connectivity index (χ0v) is 16.2. The number of nitriles is 1. The fourth-order valence-electron chi connectivity index (χ4n) is 2.49. The molecule has 0 aliphatic rings. The van der Waals surface area contributed by atoms with Crippen LogP contribution in [0.2, 0.25) is 5.15 Å². The molecule has 1 aromatic carbocycles. The first-order valence-corrected chi connectivity index (χ1v) is 9.83. The minimum absolute atomic E-state index is 0.216. The van der Waals surface area contributed by atoms with Crippen LogP contribution in [0.3, 0.4) is 0 Å². The Morgan fingerprint density at radius 3 is 2.63 bits per heavy atom. The zero-order chi connectivity index (χ0) is 18.6. The van der Waals surface area contributed by atoms with E-state index in [0.717, 1.165) is 17.0 Å². The van der Waals surface area contributed by atoms with Crippen molar-refractivity contribution in [1.82, 2.24) is 24.1 Å². The van der Waals surface area contributed by atoms with E-state index in [0.29, 0.717) is 21.5 Å². The molecule has 4 rings (SSSR count). The van der Waals surface area contributed by atoms with Crippen LogP contribution in [-0.4, -0.2) is 24.1 Å². The normalized spacial score (nSPS) is 10.7. The van der Waals surface area contributed by atoms with Gasteiger partial charge in [-0.25, -0.2) is 0 Å². The molecule has 132 valence electrons. The van der Waals surface area contributed by atoms with Gasteiger partial charge in [0, 0.05) is 18.0 Å². The fraction of sp³-hybridized carbons (Fsp3) is 0.0556. The molecule has 6 nitrogen and oxygen atoms in total. The second kappa shape index (κ2) is 7.88. The van der Waals surface area contributed by atoms with Crippen molar-refractivity contribution in [2.24, 2.45) is 0 Å². The summed E-state index contributed by atoms with van der Waals surface area (Å²) in [6, 6.07) is 16.0. The Kier molecular flexibility index (Phi) is 5.16. The van der Waals surface area contributed by atoms with Crippen LogP contribution >= 0.6 is 34.9 Å². The van der Waals surface area contributed by atoms with Crippen LogP contribution in [0.4, 0.5) is 0 Å². The zero-order valence-electron chi connectivity index (χ0n) is 13.8. The van der Waals surface area contributed by atoms with Crippen LogP contribution in [0.5, 0.6) is 0 Å². The third-order valence-electron chi connectivity index (χ3n) is 3.75. The Labute approximate surface area is 168 Å². The summed E-state index contributed by atoms with van der Waals surface area (Å²) in [4.78, 5) is 4.06. The molecule has 0 aliphatic heterocycles. The summed E-state index contributed by atoms with van der Waals surface area (Å²) in [6.07, 6.45) is 3.45. The third-order valence-corrected chi connectivity index (χ3v) is 6.12. The number of hydrogen-bond acceptors (Lipinski definition) is 7. The van der Waals surface area contributed by atoms with E-state index in [1.54, 1.807) is 12.4 Å². The standard InChI is InChI=1S/C18H11ClN6S2/c19-15-14(10-20)17(27-24-15)26-18-23-22-16(13-6-8-21-9-7-13)25(18)11-12-4-2-1-3-5-12/h1-9H,11H2. The van der Waals surface area contributed by atoms with Gasteiger partial charge in [-0.15, -0.1) is 10.2 Å². The number of rotatable bonds is 5. The van der Waals surface area contributed by atoms with E-state index in [9.17, 15) is 5.26 Å². The minimum atomic E-state index is 0.216. The van der Waals surface area contributed by atoms with E-state index in [2.05, 4.69) is 37.8 Å². The Hall–Kier alpha value is -2.73. The maximum atomic E-state index is 9.32. The fourth-order valence-corrected chi connectivity index (χ4v) is 4.57. The van der Waals surface area contributed by atoms with Crippen molar-refractivity contribution >= 4 is 34.9 Å². The van der Waals surface area contributed by atoms with E-state index < -0.39 is 0 Å². The van der Waals surface area contributed by atoms with E-state index in [1.807, 2.05) is 34.9 Å². The molecule has 0 saturated heterocycles. The van der Waals surface area contributed by atoms with E-state index in [1.165, 1.54) is 23.3 Å². The molecular formula is C18H11ClN6S2. The summed E-state index contributed by atoms with van der Waals surface area (Å²) in [5, 5.41) is 18.9. The minimum Gasteiger partial charge on any atom is -0.297 e. The smallest absolute Gasteiger partial charge is 0.197 e. The molecule has 0 atom stereocenters. The van der Waals surface area contributed by atoms with Gasteiger partial charge in [0.25, 0.3) is 0 Å². The molecule has 0 radical (unpaired) electrons. The third kappa shape index (κ3) is 3.71. The van der Waals surface area contributed by atoms with Gasteiger partial charge in [0.1, 0.15) is 15.8 Å². The van der Waals surface area contributed by atoms with Crippen LogP contribution in [0.15, 0.2) is 64.2 Å². The monoisotopic (exact) mass is 410 g/mol. The molecule has 0 bridgehead atoms. The molecule has 0 spiro atoms. The van der Waals surface area contributed by atoms with Gasteiger partial charge < -0.3 is 0 Å². The highest BCUT2D eigenvalue weighted by atomic mass is 35.5. The molecule has 0 amide bonds. The largest absolute Gasteiger partial charge is 0.297 e. The summed E-state index contributed by atoms with van der Waals surface area (Å²) in [5.41, 5.74) is 2.41. The predicted molar refractivity (Wildman–Crippen MR) is 105 cm³/mol. The number of halogens is 1. The van der Waals surface area contributed by atoms with Gasteiger partial charge in [0.2, 0.25) is 0 Å². The molecule has 0 saturated carbocycles. The van der Waals surface area contributed by atoms with E-state index in [-0.39, 0.29) is 5.15 Å². The highest BCUT2D eigenvalue weighted by Crippen LogP contribution is 2.37. The van der Waals surface area contributed by atoms with Crippen molar-refractivity contribution in [3.05, 3.63) is 71.1 Å². The van der Waals surface area contributed by atoms with Gasteiger partial charge in [0.05, 0.1) is 6.54 Å². The quantitative estimate of drug-likeness (QED) is 0.481. The average molecular weight is 411 g/mol. The molecule has 3 aromatic heterocycles. The molecule has 3 heterocycles. The van der Waals surface area contributed by atoms with Crippen molar-refractivity contribution in [3.8, 4) is 17.5 Å². The summed E-state index contributed by atoms with van der Waals surface area (Å²) in [7, 11) is 0. The number of nitrogens with zero attached hydrogens (tertiary/aromatic N) is 6. The molecule has 4 aromatic rings. The lowest BCUT2D eigenvalue weighted by molar-refractivity contribution is 0.715. The Balaban J connectivity index is 1.77. The topological polar surface area (TPSA) is 80.3 Å². The van der Waals surface area contributed by atoms with Gasteiger partial charge in [-0.3, -0.25) is 9.55 Å². The number of hydrogen-bond donors (Lipinski definition) is 0. The maximum Gasteiger partial charge on any atom is 0.197 e. The summed E-state index contributed by atoms with van der Waals surface area (Å²) < 4.78 is 6.78. The Morgan fingerprint density at radius 1 is 1.11 bits per heavy atom. The molecule has 0 unspecified atom stereocenters. The van der Waals surface area contributed by atoms with Crippen LogP contribution in [0, 0.1) is 11.3 Å². The first-order valence-electron chi connectivity index (χ1n) is 7.87. The average Bonchev–Trinajstić information content (AvgIpc) is 3.27. The molecule has 0 fully saturated rings. The highest BCUT2D eigenvalue weighted by Gasteiger charge is 2.20. The Bertz CT molecular complexity index is 1100. The van der Waals surface area contributed by atoms with Crippen molar-refractivity contribution in [1.29, 1.82) is 5.26 Å². The summed E-state index contributed by atoms with van der Waals surface area (Å²) in [6.45, 7) is 0.599. The van der Waals surface area contributed by atoms with Gasteiger partial charge in [0.15, 0.2) is 16.1 Å². The Morgan fingerprint density at radius 2 is 1.89 bits per heavy atom. The van der Waals surface area contributed by atoms with Crippen LogP contribution < -0.4 is 0 Å². The lowest BCUT2D eigenvalue weighted by Crippen LogP contribution is -2.04. The van der Waals surface area contributed by atoms with Crippen molar-refractivity contribution in [2.75, 3.05) is 0 Å². The van der Waals surface area contributed by atoms with Gasteiger partial charge in [-0.05, 0) is 41.0 Å². The van der Waals surface area contributed by atoms with Crippen molar-refractivity contribution < 1.29 is 0 Å². The predicted octanol–water partition coefficient (Wildman–Crippen LogP) is 4.52. The molecule has 27 heavy (non-hydrogen) atoms. The van der Waals surface area contributed by atoms with Gasteiger partial charge >= 0.3 is 0 Å². The van der Waals surface area contributed by atoms with Gasteiger partial charge in [-0.1, -0.05) is 41.9 Å². The highest BCUT2D eigenvalue weighted by molar-refractivity contribution is 8.01. The first kappa shape index (κ1) is 17.7. The van der Waals surface area contributed by atoms with E-state index >= 15 is 0 Å². The molecule has 0 N–H and O–H groups in total. The van der Waals surface area contributed by atoms with Crippen LogP contribution in [0.25, 0.3) is 11.4 Å². The second-order valence-corrected chi connectivity index (χ2v) is 7.83. The molecule has 0 aliphatic carbocycles. The molecule has 9 heteroatoms. The summed E-state index contributed by atoms with van der Waals surface area (Å²) in [5.74, 6) is 0.734. The SMILES string of the molecule is N#Cc1c(Cl)nsc1Sc1nnc(-c2ccncc2)n1Cc1ccccc1. The number of benzene rings is 1. The van der Waals surface area contributed by atoms with Crippen molar-refractivity contribution in [2.45, 2.75) is 15.9 Å². The maximum absolute atomic E-state index is 9.32. The summed E-state index contributed by atoms with van der Waals surface area (Å²) >= 11 is 8.52. The molecular weight excluding hydrogens is 400 g/mol. The van der Waals surface area contributed by atoms with Crippen molar-refractivity contribution in [3.63, 3.8) is 0 Å².